The fourth-order valence-electron chi connectivity index (χ4n) is 2.94. The van der Waals surface area contributed by atoms with Crippen molar-refractivity contribution < 1.29 is 0 Å². The molecule has 1 aromatic heterocycles. The van der Waals surface area contributed by atoms with Gasteiger partial charge < -0.3 is 5.32 Å². The van der Waals surface area contributed by atoms with E-state index in [1.165, 1.54) is 44.2 Å². The molecule has 0 bridgehead atoms. The Balaban J connectivity index is 2.12. The molecule has 106 valence electrons. The fourth-order valence-corrected chi connectivity index (χ4v) is 2.94. The van der Waals surface area contributed by atoms with Crippen LogP contribution in [0.25, 0.3) is 0 Å². The molecule has 3 nitrogen and oxygen atoms in total. The largest absolute Gasteiger partial charge is 0.370 e. The number of rotatable bonds is 6. The lowest BCUT2D eigenvalue weighted by Crippen LogP contribution is -2.33. The molecule has 19 heavy (non-hydrogen) atoms. The summed E-state index contributed by atoms with van der Waals surface area (Å²) in [6.07, 6.45) is 8.27. The summed E-state index contributed by atoms with van der Waals surface area (Å²) in [4.78, 5) is 7.15. The molecule has 1 atom stereocenters. The van der Waals surface area contributed by atoms with Crippen LogP contribution in [0.1, 0.15) is 57.6 Å². The molecule has 2 rings (SSSR count). The van der Waals surface area contributed by atoms with E-state index in [1.54, 1.807) is 0 Å². The topological polar surface area (TPSA) is 28.2 Å². The Hall–Kier alpha value is -1.09. The van der Waals surface area contributed by atoms with Crippen molar-refractivity contribution in [2.24, 2.45) is 0 Å². The van der Waals surface area contributed by atoms with Gasteiger partial charge in [-0.3, -0.25) is 4.90 Å². The highest BCUT2D eigenvalue weighted by Crippen LogP contribution is 2.33. The molecule has 1 saturated heterocycles. The van der Waals surface area contributed by atoms with Crippen LogP contribution in [0.15, 0.2) is 18.3 Å². The maximum Gasteiger partial charge on any atom is 0.130 e. The van der Waals surface area contributed by atoms with E-state index in [4.69, 9.17) is 0 Å². The molecule has 1 unspecified atom stereocenters. The SMILES string of the molecule is CCCCNc1ncccc1C1CCCCN1CC. The summed E-state index contributed by atoms with van der Waals surface area (Å²) in [6.45, 7) is 7.87. The molecule has 1 aromatic rings. The smallest absolute Gasteiger partial charge is 0.130 e. The second-order valence-corrected chi connectivity index (χ2v) is 5.36. The van der Waals surface area contributed by atoms with Crippen molar-refractivity contribution in [3.63, 3.8) is 0 Å². The summed E-state index contributed by atoms with van der Waals surface area (Å²) >= 11 is 0. The number of pyridine rings is 1. The first kappa shape index (κ1) is 14.3. The van der Waals surface area contributed by atoms with E-state index in [1.807, 2.05) is 6.20 Å². The zero-order valence-corrected chi connectivity index (χ0v) is 12.4. The minimum atomic E-state index is 0.552. The van der Waals surface area contributed by atoms with Crippen LogP contribution in [-0.4, -0.2) is 29.5 Å². The van der Waals surface area contributed by atoms with E-state index < -0.39 is 0 Å². The number of nitrogens with zero attached hydrogens (tertiary/aromatic N) is 2. The van der Waals surface area contributed by atoms with E-state index in [-0.39, 0.29) is 0 Å². The van der Waals surface area contributed by atoms with Gasteiger partial charge >= 0.3 is 0 Å². The highest BCUT2D eigenvalue weighted by atomic mass is 15.2. The van der Waals surface area contributed by atoms with Crippen LogP contribution >= 0.6 is 0 Å². The molecule has 1 fully saturated rings. The number of likely N-dealkylation sites (tertiary alicyclic amines) is 1. The van der Waals surface area contributed by atoms with Crippen LogP contribution in [0.3, 0.4) is 0 Å². The van der Waals surface area contributed by atoms with Crippen molar-refractivity contribution in [3.8, 4) is 0 Å². The first-order chi connectivity index (χ1) is 9.36. The van der Waals surface area contributed by atoms with Gasteiger partial charge in [-0.15, -0.1) is 0 Å². The average Bonchev–Trinajstić information content (AvgIpc) is 2.48. The Morgan fingerprint density at radius 3 is 3.05 bits per heavy atom. The lowest BCUT2D eigenvalue weighted by molar-refractivity contribution is 0.157. The van der Waals surface area contributed by atoms with Crippen molar-refractivity contribution in [2.45, 2.75) is 52.0 Å². The van der Waals surface area contributed by atoms with Crippen LogP contribution in [0, 0.1) is 0 Å². The normalized spacial score (nSPS) is 20.4. The van der Waals surface area contributed by atoms with Gasteiger partial charge in [-0.25, -0.2) is 4.98 Å². The van der Waals surface area contributed by atoms with Crippen LogP contribution in [0.2, 0.25) is 0 Å². The van der Waals surface area contributed by atoms with Gasteiger partial charge in [0.15, 0.2) is 0 Å². The van der Waals surface area contributed by atoms with E-state index in [0.29, 0.717) is 6.04 Å². The molecule has 0 aromatic carbocycles. The van der Waals surface area contributed by atoms with Gasteiger partial charge in [-0.1, -0.05) is 32.8 Å². The Labute approximate surface area is 117 Å². The minimum Gasteiger partial charge on any atom is -0.370 e. The zero-order valence-electron chi connectivity index (χ0n) is 12.4. The molecule has 0 spiro atoms. The Bertz CT molecular complexity index is 378. The van der Waals surface area contributed by atoms with E-state index in [0.717, 1.165) is 18.9 Å². The summed E-state index contributed by atoms with van der Waals surface area (Å²) in [5.74, 6) is 1.10. The molecule has 2 heterocycles. The second kappa shape index (κ2) is 7.49. The van der Waals surface area contributed by atoms with Crippen LogP contribution in [-0.2, 0) is 0 Å². The summed E-state index contributed by atoms with van der Waals surface area (Å²) in [7, 11) is 0. The third-order valence-electron chi connectivity index (χ3n) is 4.04. The van der Waals surface area contributed by atoms with Gasteiger partial charge in [-0.05, 0) is 38.4 Å². The van der Waals surface area contributed by atoms with E-state index in [9.17, 15) is 0 Å². The maximum atomic E-state index is 4.56. The lowest BCUT2D eigenvalue weighted by Gasteiger charge is -2.35. The highest BCUT2D eigenvalue weighted by molar-refractivity contribution is 5.45. The number of nitrogens with one attached hydrogen (secondary N) is 1. The van der Waals surface area contributed by atoms with Crippen molar-refractivity contribution >= 4 is 5.82 Å². The van der Waals surface area contributed by atoms with E-state index >= 15 is 0 Å². The van der Waals surface area contributed by atoms with Gasteiger partial charge in [0.2, 0.25) is 0 Å². The third-order valence-corrected chi connectivity index (χ3v) is 4.04. The highest BCUT2D eigenvalue weighted by Gasteiger charge is 2.24. The molecule has 0 amide bonds. The molecule has 1 aliphatic rings. The Morgan fingerprint density at radius 1 is 1.37 bits per heavy atom. The summed E-state index contributed by atoms with van der Waals surface area (Å²) in [6, 6.07) is 4.87. The number of hydrogen-bond acceptors (Lipinski definition) is 3. The Kier molecular flexibility index (Phi) is 5.64. The lowest BCUT2D eigenvalue weighted by atomic mass is 9.95. The van der Waals surface area contributed by atoms with Gasteiger partial charge in [0.1, 0.15) is 5.82 Å². The van der Waals surface area contributed by atoms with Crippen LogP contribution in [0.4, 0.5) is 5.82 Å². The summed E-state index contributed by atoms with van der Waals surface area (Å²) < 4.78 is 0. The third kappa shape index (κ3) is 3.69. The molecule has 0 radical (unpaired) electrons. The quantitative estimate of drug-likeness (QED) is 0.789. The first-order valence-electron chi connectivity index (χ1n) is 7.79. The number of piperidine rings is 1. The average molecular weight is 261 g/mol. The van der Waals surface area contributed by atoms with Crippen LogP contribution < -0.4 is 5.32 Å². The van der Waals surface area contributed by atoms with Gasteiger partial charge in [0.25, 0.3) is 0 Å². The predicted octanol–water partition coefficient (Wildman–Crippen LogP) is 3.84. The molecule has 0 aliphatic carbocycles. The predicted molar refractivity (Wildman–Crippen MR) is 81.5 cm³/mol. The molecule has 1 N–H and O–H groups in total. The van der Waals surface area contributed by atoms with Crippen molar-refractivity contribution in [3.05, 3.63) is 23.9 Å². The molecule has 0 saturated carbocycles. The zero-order chi connectivity index (χ0) is 13.5. The second-order valence-electron chi connectivity index (χ2n) is 5.36. The number of hydrogen-bond donors (Lipinski definition) is 1. The molecule has 3 heteroatoms. The van der Waals surface area contributed by atoms with Crippen molar-refractivity contribution in [1.29, 1.82) is 0 Å². The summed E-state index contributed by atoms with van der Waals surface area (Å²) in [5.41, 5.74) is 1.39. The van der Waals surface area contributed by atoms with Gasteiger partial charge in [-0.2, -0.15) is 0 Å². The molecular weight excluding hydrogens is 234 g/mol. The van der Waals surface area contributed by atoms with Gasteiger partial charge in [0, 0.05) is 24.3 Å². The minimum absolute atomic E-state index is 0.552. The van der Waals surface area contributed by atoms with Crippen molar-refractivity contribution in [1.82, 2.24) is 9.88 Å². The van der Waals surface area contributed by atoms with Gasteiger partial charge in [0.05, 0.1) is 0 Å². The number of unbranched alkanes of at least 4 members (excludes halogenated alkanes) is 1. The number of anilines is 1. The molecule has 1 aliphatic heterocycles. The maximum absolute atomic E-state index is 4.56. The van der Waals surface area contributed by atoms with E-state index in [2.05, 4.69) is 41.2 Å². The Morgan fingerprint density at radius 2 is 2.26 bits per heavy atom. The summed E-state index contributed by atoms with van der Waals surface area (Å²) in [5, 5.41) is 3.52. The standard InChI is InChI=1S/C16H27N3/c1-3-5-11-17-16-14(9-8-12-18-16)15-10-6-7-13-19(15)4-2/h8-9,12,15H,3-7,10-11,13H2,1-2H3,(H,17,18). The van der Waals surface area contributed by atoms with Crippen LogP contribution in [0.5, 0.6) is 0 Å². The van der Waals surface area contributed by atoms with Crippen molar-refractivity contribution in [2.75, 3.05) is 25.0 Å². The first-order valence-corrected chi connectivity index (χ1v) is 7.79. The fraction of sp³-hybridized carbons (Fsp3) is 0.688. The molecular formula is C16H27N3. The monoisotopic (exact) mass is 261 g/mol. The number of aromatic nitrogens is 1.